The molecule has 7 heteroatoms. The van der Waals surface area contributed by atoms with Crippen molar-refractivity contribution >= 4 is 11.9 Å². The molecule has 1 heterocycles. The molecule has 0 spiro atoms. The maximum Gasteiger partial charge on any atom is 0.326 e. The highest BCUT2D eigenvalue weighted by molar-refractivity contribution is 5.87. The average molecular weight is 215 g/mol. The molecule has 5 N–H and O–H groups in total. The second-order valence-corrected chi connectivity index (χ2v) is 3.84. The third kappa shape index (κ3) is 2.12. The summed E-state index contributed by atoms with van der Waals surface area (Å²) in [4.78, 5) is 12.7. The van der Waals surface area contributed by atoms with E-state index in [1.807, 2.05) is 13.8 Å². The quantitative estimate of drug-likeness (QED) is 0.404. The summed E-state index contributed by atoms with van der Waals surface area (Å²) in [5, 5.41) is 14.0. The highest BCUT2D eigenvalue weighted by Gasteiger charge is 2.36. The highest BCUT2D eigenvalue weighted by atomic mass is 16.4. The number of hydrazone groups is 1. The second-order valence-electron chi connectivity index (χ2n) is 3.84. The number of carboxylic acids is 1. The second kappa shape index (κ2) is 4.35. The lowest BCUT2D eigenvalue weighted by molar-refractivity contribution is -0.143. The SMILES string of the molecule is CC(C)C(C(=O)O)N1CCN(N)C1=NN. The first kappa shape index (κ1) is 11.6. The lowest BCUT2D eigenvalue weighted by Gasteiger charge is -2.28. The van der Waals surface area contributed by atoms with Crippen LogP contribution >= 0.6 is 0 Å². The van der Waals surface area contributed by atoms with Crippen LogP contribution in [0.1, 0.15) is 13.8 Å². The number of carbonyl (C=O) groups is 1. The number of hydrazine groups is 1. The zero-order chi connectivity index (χ0) is 11.6. The minimum absolute atomic E-state index is 0.0363. The summed E-state index contributed by atoms with van der Waals surface area (Å²) in [6, 6.07) is -0.638. The summed E-state index contributed by atoms with van der Waals surface area (Å²) < 4.78 is 0. The summed E-state index contributed by atoms with van der Waals surface area (Å²) in [5.74, 6) is 10.2. The first-order valence-corrected chi connectivity index (χ1v) is 4.78. The Kier molecular flexibility index (Phi) is 3.35. The van der Waals surface area contributed by atoms with Crippen molar-refractivity contribution in [3.8, 4) is 0 Å². The first-order valence-electron chi connectivity index (χ1n) is 4.78. The molecule has 0 amide bonds. The largest absolute Gasteiger partial charge is 0.480 e. The van der Waals surface area contributed by atoms with Crippen molar-refractivity contribution in [2.75, 3.05) is 13.1 Å². The van der Waals surface area contributed by atoms with Gasteiger partial charge < -0.3 is 15.8 Å². The van der Waals surface area contributed by atoms with Crippen LogP contribution in [0.25, 0.3) is 0 Å². The predicted octanol–water partition coefficient (Wildman–Crippen LogP) is -1.18. The summed E-state index contributed by atoms with van der Waals surface area (Å²) in [6.07, 6.45) is 0. The number of nitrogens with two attached hydrogens (primary N) is 2. The van der Waals surface area contributed by atoms with Crippen LogP contribution in [0.2, 0.25) is 0 Å². The van der Waals surface area contributed by atoms with E-state index in [0.29, 0.717) is 19.0 Å². The fourth-order valence-corrected chi connectivity index (χ4v) is 1.77. The Labute approximate surface area is 88.3 Å². The molecule has 0 bridgehead atoms. The molecule has 15 heavy (non-hydrogen) atoms. The van der Waals surface area contributed by atoms with Crippen LogP contribution in [0.4, 0.5) is 0 Å². The van der Waals surface area contributed by atoms with E-state index in [9.17, 15) is 4.79 Å². The van der Waals surface area contributed by atoms with Crippen LogP contribution in [0.5, 0.6) is 0 Å². The van der Waals surface area contributed by atoms with E-state index in [0.717, 1.165) is 0 Å². The standard InChI is InChI=1S/C8H17N5O2/c1-5(2)6(7(14)15)12-3-4-13(10)8(12)11-9/h5-6H,3-4,9-10H2,1-2H3,(H,14,15). The predicted molar refractivity (Wildman–Crippen MR) is 55.5 cm³/mol. The van der Waals surface area contributed by atoms with Crippen molar-refractivity contribution in [1.29, 1.82) is 0 Å². The van der Waals surface area contributed by atoms with Gasteiger partial charge in [0.2, 0.25) is 5.96 Å². The molecule has 1 saturated heterocycles. The zero-order valence-electron chi connectivity index (χ0n) is 8.92. The summed E-state index contributed by atoms with van der Waals surface area (Å²) >= 11 is 0. The zero-order valence-corrected chi connectivity index (χ0v) is 8.92. The Morgan fingerprint density at radius 2 is 2.13 bits per heavy atom. The van der Waals surface area contributed by atoms with Crippen molar-refractivity contribution in [3.05, 3.63) is 0 Å². The molecule has 1 aliphatic heterocycles. The van der Waals surface area contributed by atoms with Gasteiger partial charge in [0.25, 0.3) is 0 Å². The maximum atomic E-state index is 11.1. The minimum atomic E-state index is -0.888. The smallest absolute Gasteiger partial charge is 0.326 e. The van der Waals surface area contributed by atoms with E-state index in [1.165, 1.54) is 5.01 Å². The third-order valence-corrected chi connectivity index (χ3v) is 2.43. The molecular formula is C8H17N5O2. The fourth-order valence-electron chi connectivity index (χ4n) is 1.77. The monoisotopic (exact) mass is 215 g/mol. The summed E-state index contributed by atoms with van der Waals surface area (Å²) in [6.45, 7) is 4.74. The van der Waals surface area contributed by atoms with Crippen molar-refractivity contribution in [3.63, 3.8) is 0 Å². The Hall–Kier alpha value is -1.50. The van der Waals surface area contributed by atoms with Gasteiger partial charge >= 0.3 is 5.97 Å². The van der Waals surface area contributed by atoms with Crippen molar-refractivity contribution in [1.82, 2.24) is 9.91 Å². The highest BCUT2D eigenvalue weighted by Crippen LogP contribution is 2.16. The number of carboxylic acid groups (broad SMARTS) is 1. The first-order chi connectivity index (χ1) is 6.99. The Morgan fingerprint density at radius 1 is 1.53 bits per heavy atom. The number of nitrogens with zero attached hydrogens (tertiary/aromatic N) is 3. The van der Waals surface area contributed by atoms with E-state index < -0.39 is 12.0 Å². The topological polar surface area (TPSA) is 108 Å². The molecule has 0 aromatic rings. The van der Waals surface area contributed by atoms with E-state index >= 15 is 0 Å². The van der Waals surface area contributed by atoms with Crippen LogP contribution in [0, 0.1) is 5.92 Å². The normalized spacial score (nSPS) is 21.5. The van der Waals surface area contributed by atoms with E-state index in [2.05, 4.69) is 5.10 Å². The molecule has 0 aromatic carbocycles. The fraction of sp³-hybridized carbons (Fsp3) is 0.750. The van der Waals surface area contributed by atoms with Gasteiger partial charge in [-0.3, -0.25) is 5.01 Å². The molecule has 1 atom stereocenters. The van der Waals surface area contributed by atoms with Crippen molar-refractivity contribution in [2.24, 2.45) is 22.7 Å². The number of hydrogen-bond acceptors (Lipinski definition) is 4. The molecule has 1 fully saturated rings. The van der Waals surface area contributed by atoms with Gasteiger partial charge in [0.1, 0.15) is 6.04 Å². The lowest BCUT2D eigenvalue weighted by Crippen LogP contribution is -2.49. The Morgan fingerprint density at radius 3 is 2.53 bits per heavy atom. The van der Waals surface area contributed by atoms with Crippen LogP contribution in [0.3, 0.4) is 0 Å². The molecule has 1 rings (SSSR count). The van der Waals surface area contributed by atoms with Gasteiger partial charge in [-0.25, -0.2) is 10.6 Å². The van der Waals surface area contributed by atoms with Crippen LogP contribution in [-0.4, -0.2) is 46.1 Å². The minimum Gasteiger partial charge on any atom is -0.480 e. The molecule has 0 aliphatic carbocycles. The number of hydrogen-bond donors (Lipinski definition) is 3. The van der Waals surface area contributed by atoms with Gasteiger partial charge in [0.05, 0.1) is 6.54 Å². The average Bonchev–Trinajstić information content (AvgIpc) is 2.46. The van der Waals surface area contributed by atoms with Crippen LogP contribution < -0.4 is 11.7 Å². The molecule has 0 aromatic heterocycles. The van der Waals surface area contributed by atoms with Gasteiger partial charge in [-0.05, 0) is 5.92 Å². The van der Waals surface area contributed by atoms with Crippen LogP contribution in [-0.2, 0) is 4.79 Å². The molecular weight excluding hydrogens is 198 g/mol. The summed E-state index contributed by atoms with van der Waals surface area (Å²) in [7, 11) is 0. The molecule has 1 aliphatic rings. The van der Waals surface area contributed by atoms with Crippen molar-refractivity contribution < 1.29 is 9.90 Å². The number of aliphatic carboxylic acids is 1. The third-order valence-electron chi connectivity index (χ3n) is 2.43. The number of guanidine groups is 1. The molecule has 1 unspecified atom stereocenters. The molecule has 7 nitrogen and oxygen atoms in total. The number of rotatable bonds is 3. The lowest BCUT2D eigenvalue weighted by atomic mass is 10.0. The maximum absolute atomic E-state index is 11.1. The van der Waals surface area contributed by atoms with Crippen LogP contribution in [0.15, 0.2) is 5.10 Å². The van der Waals surface area contributed by atoms with E-state index in [1.54, 1.807) is 4.90 Å². The molecule has 86 valence electrons. The van der Waals surface area contributed by atoms with Gasteiger partial charge in [-0.1, -0.05) is 13.8 Å². The molecule has 0 radical (unpaired) electrons. The van der Waals surface area contributed by atoms with Gasteiger partial charge in [0.15, 0.2) is 0 Å². The van der Waals surface area contributed by atoms with Crippen molar-refractivity contribution in [2.45, 2.75) is 19.9 Å². The Bertz CT molecular complexity index is 278. The van der Waals surface area contributed by atoms with E-state index in [4.69, 9.17) is 16.8 Å². The summed E-state index contributed by atoms with van der Waals surface area (Å²) in [5.41, 5.74) is 0. The Balaban J connectivity index is 2.90. The van der Waals surface area contributed by atoms with E-state index in [-0.39, 0.29) is 5.92 Å². The van der Waals surface area contributed by atoms with Gasteiger partial charge in [-0.15, -0.1) is 5.10 Å². The van der Waals surface area contributed by atoms with Gasteiger partial charge in [-0.2, -0.15) is 0 Å². The van der Waals surface area contributed by atoms with Gasteiger partial charge in [0, 0.05) is 6.54 Å². The molecule has 0 saturated carbocycles.